The highest BCUT2D eigenvalue weighted by molar-refractivity contribution is 5.98. The lowest BCUT2D eigenvalue weighted by Crippen LogP contribution is -2.69. The lowest BCUT2D eigenvalue weighted by Gasteiger charge is -2.62. The van der Waals surface area contributed by atoms with Crippen LogP contribution in [0.5, 0.6) is 0 Å². The summed E-state index contributed by atoms with van der Waals surface area (Å²) in [6, 6.07) is 20.0. The number of ether oxygens (including phenoxy) is 2. The number of rotatable bonds is 11. The van der Waals surface area contributed by atoms with Crippen molar-refractivity contribution >= 4 is 40.1 Å². The number of nitrogens with two attached hydrogens (primary N) is 1. The van der Waals surface area contributed by atoms with Crippen LogP contribution >= 0.6 is 0 Å². The van der Waals surface area contributed by atoms with Gasteiger partial charge in [0.05, 0.1) is 29.3 Å². The van der Waals surface area contributed by atoms with Gasteiger partial charge >= 0.3 is 11.9 Å². The first-order valence-electron chi connectivity index (χ1n) is 21.1. The molecule has 3 saturated carbocycles. The van der Waals surface area contributed by atoms with E-state index in [1.165, 1.54) is 30.3 Å². The summed E-state index contributed by atoms with van der Waals surface area (Å²) in [4.78, 5) is 57.3. The number of hydrogen-bond donors (Lipinski definition) is 5. The van der Waals surface area contributed by atoms with Gasteiger partial charge in [0.25, 0.3) is 0 Å². The van der Waals surface area contributed by atoms with E-state index in [2.05, 4.69) is 10.3 Å². The molecule has 4 aliphatic rings. The summed E-state index contributed by atoms with van der Waals surface area (Å²) in [6.45, 7) is 4.50. The maximum atomic E-state index is 17.5. The number of pyridine rings is 1. The first-order valence-corrected chi connectivity index (χ1v) is 21.1. The number of aromatic nitrogens is 1. The number of amides is 1. The molecule has 1 aromatic heterocycles. The van der Waals surface area contributed by atoms with E-state index in [1.54, 1.807) is 69.6 Å². The number of alkyl halides is 1. The van der Waals surface area contributed by atoms with Crippen molar-refractivity contribution in [3.8, 4) is 0 Å². The molecule has 1 heterocycles. The second-order valence-corrected chi connectivity index (χ2v) is 17.9. The molecule has 0 bridgehead atoms. The summed E-state index contributed by atoms with van der Waals surface area (Å²) >= 11 is 0. The Labute approximate surface area is 359 Å². The molecule has 8 rings (SSSR count). The van der Waals surface area contributed by atoms with Crippen LogP contribution in [0.3, 0.4) is 0 Å². The van der Waals surface area contributed by atoms with Crippen LogP contribution in [0.25, 0.3) is 10.8 Å². The predicted molar refractivity (Wildman–Crippen MR) is 228 cm³/mol. The topological polar surface area (TPSA) is 198 Å². The predicted octanol–water partition coefficient (Wildman–Crippen LogP) is 6.14. The van der Waals surface area contributed by atoms with E-state index in [-0.39, 0.29) is 36.6 Å². The Bertz CT molecular complexity index is 2470. The van der Waals surface area contributed by atoms with Crippen molar-refractivity contribution in [1.82, 2.24) is 4.98 Å². The third kappa shape index (κ3) is 7.04. The maximum Gasteiger partial charge on any atom is 0.338 e. The molecule has 3 fully saturated rings. The highest BCUT2D eigenvalue weighted by Gasteiger charge is 2.75. The van der Waals surface area contributed by atoms with Crippen molar-refractivity contribution in [3.63, 3.8) is 0 Å². The Morgan fingerprint density at radius 2 is 1.63 bits per heavy atom. The Balaban J connectivity index is 0.849. The number of hydrogen-bond acceptors (Lipinski definition) is 11. The maximum absolute atomic E-state index is 17.5. The number of fused-ring (bicyclic) bond motifs is 6. The molecule has 0 saturated heterocycles. The van der Waals surface area contributed by atoms with Gasteiger partial charge in [0.15, 0.2) is 12.3 Å². The van der Waals surface area contributed by atoms with Crippen molar-refractivity contribution in [2.24, 2.45) is 34.3 Å². The molecule has 0 radical (unpaired) electrons. The molecule has 0 aliphatic heterocycles. The van der Waals surface area contributed by atoms with Crippen molar-refractivity contribution in [2.75, 3.05) is 18.5 Å². The summed E-state index contributed by atoms with van der Waals surface area (Å²) in [6.07, 6.45) is 7.04. The minimum Gasteiger partial charge on any atom is -0.457 e. The molecule has 6 N–H and O–H groups in total. The number of esters is 2. The van der Waals surface area contributed by atoms with Crippen molar-refractivity contribution in [1.29, 1.82) is 0 Å². The van der Waals surface area contributed by atoms with E-state index < -0.39 is 82.3 Å². The molecule has 12 nitrogen and oxygen atoms in total. The standard InChI is InChI=1S/C49H52FN3O9/c1-28-20-40-39-15-13-35-22-37(54)16-18-46(35,2)48(39,50)41(55)23-47(40,3)49(28,60)42(56)27-62-45(59)32-10-8-31(9-11-32)44(58)61-26-29-4-6-30(7-5-29)38(24-51)43(57)53-36-14-12-34-25-52-19-17-33(34)21-36/h4-12,14,16-19,21-22,25,28,37-41,54-55,60H,13,15,20,23-24,26-27,51H2,1-3H3,(H,53,57)/t28-,37?,38-,39+,40+,41+,46+,47+,48+,49+/m1/s1. The quantitative estimate of drug-likeness (QED) is 0.0859. The number of aliphatic hydroxyl groups is 3. The van der Waals surface area contributed by atoms with Gasteiger partial charge in [-0.25, -0.2) is 14.0 Å². The van der Waals surface area contributed by atoms with Crippen LogP contribution in [-0.2, 0) is 25.7 Å². The second-order valence-electron chi connectivity index (χ2n) is 17.9. The highest BCUT2D eigenvalue weighted by atomic mass is 19.1. The van der Waals surface area contributed by atoms with Crippen LogP contribution in [0.15, 0.2) is 109 Å². The SMILES string of the molecule is C[C@@H]1C[C@H]2[C@@H]3CCC4=CC(O)C=C[C@]4(C)[C@@]3(F)[C@@H](O)C[C@]2(C)[C@@]1(O)C(=O)COC(=O)c1ccc(C(=O)OCc2ccc([C@@H](CN)C(=O)Nc3ccc4cnccc4c3)cc2)cc1. The molecule has 1 unspecified atom stereocenters. The van der Waals surface area contributed by atoms with Crippen molar-refractivity contribution < 1.29 is 48.4 Å². The normalized spacial score (nSPS) is 31.5. The number of nitrogens with zero attached hydrogens (tertiary/aromatic N) is 1. The van der Waals surface area contributed by atoms with E-state index in [1.807, 2.05) is 24.3 Å². The number of anilines is 1. The first kappa shape index (κ1) is 43.1. The molecular weight excluding hydrogens is 794 g/mol. The second kappa shape index (κ2) is 16.3. The van der Waals surface area contributed by atoms with Gasteiger partial charge in [0, 0.05) is 46.8 Å². The fourth-order valence-electron chi connectivity index (χ4n) is 11.2. The van der Waals surface area contributed by atoms with Crippen LogP contribution in [0.1, 0.15) is 84.2 Å². The highest BCUT2D eigenvalue weighted by Crippen LogP contribution is 2.70. The molecule has 0 spiro atoms. The van der Waals surface area contributed by atoms with Gasteiger partial charge in [-0.1, -0.05) is 68.0 Å². The number of nitrogens with one attached hydrogen (secondary N) is 1. The lowest BCUT2D eigenvalue weighted by atomic mass is 9.44. The van der Waals surface area contributed by atoms with Gasteiger partial charge in [0.2, 0.25) is 11.7 Å². The minimum atomic E-state index is -2.07. The molecule has 10 atom stereocenters. The summed E-state index contributed by atoms with van der Waals surface area (Å²) in [5, 5.41) is 38.9. The average molecular weight is 846 g/mol. The number of halogens is 1. The Kier molecular flexibility index (Phi) is 11.3. The third-order valence-corrected chi connectivity index (χ3v) is 14.7. The van der Waals surface area contributed by atoms with E-state index >= 15 is 4.39 Å². The van der Waals surface area contributed by atoms with E-state index in [4.69, 9.17) is 15.2 Å². The van der Waals surface area contributed by atoms with Crippen LogP contribution < -0.4 is 11.1 Å². The summed E-state index contributed by atoms with van der Waals surface area (Å²) in [5.74, 6) is -4.78. The van der Waals surface area contributed by atoms with E-state index in [0.717, 1.165) is 16.3 Å². The van der Waals surface area contributed by atoms with Crippen molar-refractivity contribution in [3.05, 3.63) is 131 Å². The van der Waals surface area contributed by atoms with Crippen molar-refractivity contribution in [2.45, 2.75) is 82.5 Å². The molecule has 324 valence electrons. The van der Waals surface area contributed by atoms with E-state index in [0.29, 0.717) is 36.1 Å². The van der Waals surface area contributed by atoms with Gasteiger partial charge < -0.3 is 35.8 Å². The fourth-order valence-corrected chi connectivity index (χ4v) is 11.2. The zero-order valence-corrected chi connectivity index (χ0v) is 34.9. The first-order chi connectivity index (χ1) is 29.5. The Hall–Kier alpha value is -5.60. The number of aliphatic hydroxyl groups excluding tert-OH is 2. The minimum absolute atomic E-state index is 0.0553. The molecule has 4 aliphatic carbocycles. The number of benzene rings is 3. The zero-order chi connectivity index (χ0) is 44.2. The third-order valence-electron chi connectivity index (χ3n) is 14.7. The molecule has 4 aromatic rings. The molecule has 13 heteroatoms. The van der Waals surface area contributed by atoms with Crippen LogP contribution in [0.4, 0.5) is 10.1 Å². The summed E-state index contributed by atoms with van der Waals surface area (Å²) in [5.41, 5.74) is 2.58. The van der Waals surface area contributed by atoms with Gasteiger partial charge in [-0.15, -0.1) is 0 Å². The van der Waals surface area contributed by atoms with Gasteiger partial charge in [-0.2, -0.15) is 0 Å². The van der Waals surface area contributed by atoms with Gasteiger partial charge in [-0.05, 0) is 103 Å². The fraction of sp³-hybridized carbons (Fsp3) is 0.408. The molecule has 62 heavy (non-hydrogen) atoms. The zero-order valence-electron chi connectivity index (χ0n) is 34.9. The Morgan fingerprint density at radius 1 is 0.935 bits per heavy atom. The summed E-state index contributed by atoms with van der Waals surface area (Å²) < 4.78 is 28.5. The number of carbonyl (C=O) groups excluding carboxylic acids is 4. The largest absolute Gasteiger partial charge is 0.457 e. The van der Waals surface area contributed by atoms with Crippen LogP contribution in [0, 0.1) is 28.6 Å². The van der Waals surface area contributed by atoms with Gasteiger partial charge in [-0.3, -0.25) is 14.6 Å². The van der Waals surface area contributed by atoms with Crippen LogP contribution in [0.2, 0.25) is 0 Å². The lowest BCUT2D eigenvalue weighted by molar-refractivity contribution is -0.219. The number of carbonyl (C=O) groups is 4. The average Bonchev–Trinajstić information content (AvgIpc) is 3.47. The van der Waals surface area contributed by atoms with E-state index in [9.17, 15) is 34.5 Å². The molecule has 1 amide bonds. The summed E-state index contributed by atoms with van der Waals surface area (Å²) in [7, 11) is 0. The Morgan fingerprint density at radius 3 is 2.32 bits per heavy atom. The number of Topliss-reactive ketones (excluding diaryl/α,β-unsaturated/α-hetero) is 1. The van der Waals surface area contributed by atoms with Crippen LogP contribution in [-0.4, -0.2) is 80.6 Å². The molecule has 3 aromatic carbocycles. The number of allylic oxidation sites excluding steroid dienone is 2. The molecular formula is C49H52FN3O9. The monoisotopic (exact) mass is 845 g/mol. The smallest absolute Gasteiger partial charge is 0.338 e. The van der Waals surface area contributed by atoms with Gasteiger partial charge in [0.1, 0.15) is 12.2 Å². The number of ketones is 1.